The first-order chi connectivity index (χ1) is 10.6. The van der Waals surface area contributed by atoms with Gasteiger partial charge in [-0.1, -0.05) is 12.1 Å². The van der Waals surface area contributed by atoms with Crippen LogP contribution in [0.2, 0.25) is 0 Å². The molecule has 4 aliphatic rings. The number of piperidine rings is 1. The SMILES string of the molecule is O=C1CC[C@]2(O)C3Cc4ccc(CO)c5c4[C@]2(CCN3)[C@@H]1O5. The lowest BCUT2D eigenvalue weighted by molar-refractivity contribution is -0.166. The zero-order chi connectivity index (χ0) is 15.1. The number of nitrogens with one attached hydrogen (secondary N) is 1. The molecule has 2 aliphatic heterocycles. The van der Waals surface area contributed by atoms with Crippen LogP contribution in [0.4, 0.5) is 0 Å². The average molecular weight is 301 g/mol. The number of aliphatic hydroxyl groups excluding tert-OH is 1. The van der Waals surface area contributed by atoms with Gasteiger partial charge in [0.1, 0.15) is 5.75 Å². The maximum Gasteiger partial charge on any atom is 0.174 e. The van der Waals surface area contributed by atoms with Gasteiger partial charge in [0.25, 0.3) is 0 Å². The number of aliphatic hydroxyl groups is 2. The minimum Gasteiger partial charge on any atom is -0.481 e. The smallest absolute Gasteiger partial charge is 0.174 e. The number of carbonyl (C=O) groups is 1. The van der Waals surface area contributed by atoms with Gasteiger partial charge < -0.3 is 20.3 Å². The molecule has 5 rings (SSSR count). The van der Waals surface area contributed by atoms with E-state index in [1.165, 1.54) is 0 Å². The fraction of sp³-hybridized carbons (Fsp3) is 0.588. The lowest BCUT2D eigenvalue weighted by Crippen LogP contribution is -2.76. The molecule has 1 saturated carbocycles. The van der Waals surface area contributed by atoms with Crippen LogP contribution in [0.3, 0.4) is 0 Å². The van der Waals surface area contributed by atoms with E-state index < -0.39 is 17.1 Å². The lowest BCUT2D eigenvalue weighted by atomic mass is 9.49. The number of rotatable bonds is 1. The molecule has 1 spiro atoms. The number of Topliss-reactive ketones (excluding diaryl/α,β-unsaturated/α-hetero) is 1. The van der Waals surface area contributed by atoms with E-state index in [0.717, 1.165) is 29.7 Å². The Bertz CT molecular complexity index is 702. The molecule has 1 saturated heterocycles. The van der Waals surface area contributed by atoms with Crippen molar-refractivity contribution in [1.82, 2.24) is 5.32 Å². The summed E-state index contributed by atoms with van der Waals surface area (Å²) in [6, 6.07) is 3.88. The number of benzene rings is 1. The van der Waals surface area contributed by atoms with Crippen LogP contribution in [0, 0.1) is 0 Å². The fourth-order valence-corrected chi connectivity index (χ4v) is 5.42. The van der Waals surface area contributed by atoms with Crippen molar-refractivity contribution in [3.8, 4) is 5.75 Å². The molecule has 0 aromatic heterocycles. The van der Waals surface area contributed by atoms with E-state index in [-0.39, 0.29) is 18.4 Å². The van der Waals surface area contributed by atoms with Gasteiger partial charge in [-0.15, -0.1) is 0 Å². The number of carbonyl (C=O) groups excluding carboxylic acids is 1. The third-order valence-corrected chi connectivity index (χ3v) is 6.35. The highest BCUT2D eigenvalue weighted by Gasteiger charge is 2.71. The van der Waals surface area contributed by atoms with Crippen LogP contribution in [0.5, 0.6) is 5.75 Å². The standard InChI is InChI=1S/C17H19NO4/c19-8-10-2-1-9-7-12-17(21)4-3-11(20)15-16(17,5-6-18-12)13(9)14(10)22-15/h1-2,12,15,18-19,21H,3-8H2/t12?,15-,16-,17+/m1/s1. The van der Waals surface area contributed by atoms with E-state index in [2.05, 4.69) is 5.32 Å². The molecule has 116 valence electrons. The first-order valence-electron chi connectivity index (χ1n) is 8.03. The second-order valence-electron chi connectivity index (χ2n) is 7.07. The van der Waals surface area contributed by atoms with Crippen LogP contribution in [0.25, 0.3) is 0 Å². The highest BCUT2D eigenvalue weighted by atomic mass is 16.5. The molecular formula is C17H19NO4. The number of hydrogen-bond acceptors (Lipinski definition) is 5. The normalized spacial score (nSPS) is 41.1. The Hall–Kier alpha value is -1.43. The summed E-state index contributed by atoms with van der Waals surface area (Å²) in [6.07, 6.45) is 1.70. The monoisotopic (exact) mass is 301 g/mol. The highest BCUT2D eigenvalue weighted by Crippen LogP contribution is 2.62. The first-order valence-corrected chi connectivity index (χ1v) is 8.03. The number of ketones is 1. The molecule has 4 atom stereocenters. The third-order valence-electron chi connectivity index (χ3n) is 6.35. The molecule has 2 fully saturated rings. The minimum absolute atomic E-state index is 0.0288. The van der Waals surface area contributed by atoms with E-state index >= 15 is 0 Å². The third kappa shape index (κ3) is 1.18. The second kappa shape index (κ2) is 3.91. The molecule has 2 bridgehead atoms. The molecule has 2 heterocycles. The molecular weight excluding hydrogens is 282 g/mol. The molecule has 5 nitrogen and oxygen atoms in total. The van der Waals surface area contributed by atoms with Gasteiger partial charge in [-0.3, -0.25) is 4.79 Å². The maximum atomic E-state index is 12.5. The fourth-order valence-electron chi connectivity index (χ4n) is 5.42. The van der Waals surface area contributed by atoms with E-state index in [1.807, 2.05) is 12.1 Å². The summed E-state index contributed by atoms with van der Waals surface area (Å²) in [5, 5.41) is 24.6. The Kier molecular flexibility index (Phi) is 2.32. The lowest BCUT2D eigenvalue weighted by Gasteiger charge is -2.59. The molecule has 0 amide bonds. The molecule has 22 heavy (non-hydrogen) atoms. The summed E-state index contributed by atoms with van der Waals surface area (Å²) in [5.41, 5.74) is 1.29. The van der Waals surface area contributed by atoms with Crippen molar-refractivity contribution in [2.24, 2.45) is 0 Å². The average Bonchev–Trinajstić information content (AvgIpc) is 2.85. The van der Waals surface area contributed by atoms with Crippen molar-refractivity contribution in [2.75, 3.05) is 6.54 Å². The molecule has 0 radical (unpaired) electrons. The van der Waals surface area contributed by atoms with Crippen molar-refractivity contribution in [1.29, 1.82) is 0 Å². The molecule has 1 unspecified atom stereocenters. The van der Waals surface area contributed by atoms with E-state index in [1.54, 1.807) is 0 Å². The van der Waals surface area contributed by atoms with Gasteiger partial charge >= 0.3 is 0 Å². The molecule has 2 aliphatic carbocycles. The Morgan fingerprint density at radius 3 is 3.05 bits per heavy atom. The van der Waals surface area contributed by atoms with Gasteiger partial charge in [0, 0.05) is 23.6 Å². The predicted octanol–water partition coefficient (Wildman–Crippen LogP) is 0.190. The zero-order valence-electron chi connectivity index (χ0n) is 12.3. The topological polar surface area (TPSA) is 78.8 Å². The van der Waals surface area contributed by atoms with Crippen molar-refractivity contribution < 1.29 is 19.7 Å². The molecule has 5 heteroatoms. The highest BCUT2D eigenvalue weighted by molar-refractivity contribution is 5.89. The van der Waals surface area contributed by atoms with Crippen LogP contribution >= 0.6 is 0 Å². The van der Waals surface area contributed by atoms with Crippen LogP contribution < -0.4 is 10.1 Å². The Morgan fingerprint density at radius 2 is 2.23 bits per heavy atom. The quantitative estimate of drug-likeness (QED) is 0.690. The van der Waals surface area contributed by atoms with Crippen molar-refractivity contribution >= 4 is 5.78 Å². The predicted molar refractivity (Wildman–Crippen MR) is 77.8 cm³/mol. The van der Waals surface area contributed by atoms with Crippen molar-refractivity contribution in [3.05, 3.63) is 28.8 Å². The second-order valence-corrected chi connectivity index (χ2v) is 7.07. The van der Waals surface area contributed by atoms with Crippen molar-refractivity contribution in [2.45, 2.75) is 55.5 Å². The summed E-state index contributed by atoms with van der Waals surface area (Å²) in [6.45, 7) is 0.669. The minimum atomic E-state index is -0.934. The Morgan fingerprint density at radius 1 is 1.36 bits per heavy atom. The number of hydrogen-bond donors (Lipinski definition) is 3. The summed E-state index contributed by atoms with van der Waals surface area (Å²) in [5.74, 6) is 0.734. The van der Waals surface area contributed by atoms with Gasteiger partial charge in [-0.05, 0) is 31.4 Å². The van der Waals surface area contributed by atoms with Crippen LogP contribution in [-0.4, -0.2) is 40.3 Å². The van der Waals surface area contributed by atoms with Gasteiger partial charge in [0.15, 0.2) is 11.9 Å². The van der Waals surface area contributed by atoms with Crippen molar-refractivity contribution in [3.63, 3.8) is 0 Å². The molecule has 3 N–H and O–H groups in total. The molecule has 1 aromatic rings. The van der Waals surface area contributed by atoms with Crippen LogP contribution in [0.15, 0.2) is 12.1 Å². The van der Waals surface area contributed by atoms with Gasteiger partial charge in [-0.2, -0.15) is 0 Å². The Balaban J connectivity index is 1.87. The molecule has 1 aromatic carbocycles. The summed E-state index contributed by atoms with van der Waals surface area (Å²) in [7, 11) is 0. The maximum absolute atomic E-state index is 12.5. The largest absolute Gasteiger partial charge is 0.481 e. The van der Waals surface area contributed by atoms with Gasteiger partial charge in [0.05, 0.1) is 17.6 Å². The van der Waals surface area contributed by atoms with Gasteiger partial charge in [0.2, 0.25) is 0 Å². The van der Waals surface area contributed by atoms with E-state index in [0.29, 0.717) is 25.0 Å². The van der Waals surface area contributed by atoms with Gasteiger partial charge in [-0.25, -0.2) is 0 Å². The van der Waals surface area contributed by atoms with Crippen LogP contribution in [0.1, 0.15) is 36.0 Å². The summed E-state index contributed by atoms with van der Waals surface area (Å²) >= 11 is 0. The van der Waals surface area contributed by atoms with E-state index in [9.17, 15) is 15.0 Å². The summed E-state index contributed by atoms with van der Waals surface area (Å²) < 4.78 is 6.08. The first kappa shape index (κ1) is 13.0. The number of ether oxygens (including phenoxy) is 1. The summed E-state index contributed by atoms with van der Waals surface area (Å²) in [4.78, 5) is 12.5. The van der Waals surface area contributed by atoms with E-state index in [4.69, 9.17) is 4.74 Å². The zero-order valence-corrected chi connectivity index (χ0v) is 12.3. The Labute approximate surface area is 128 Å². The van der Waals surface area contributed by atoms with Crippen LogP contribution in [-0.2, 0) is 23.2 Å².